The molecule has 0 radical (unpaired) electrons. The Bertz CT molecular complexity index is 605. The second-order valence-electron chi connectivity index (χ2n) is 4.11. The Hall–Kier alpha value is -2.44. The highest BCUT2D eigenvalue weighted by atomic mass is 16.1. The normalized spacial score (nSPS) is 12.9. The van der Waals surface area contributed by atoms with Gasteiger partial charge in [0.05, 0.1) is 7.05 Å². The molecule has 0 atom stereocenters. The number of amides is 1. The van der Waals surface area contributed by atoms with Crippen molar-refractivity contribution in [1.29, 1.82) is 0 Å². The molecule has 92 valence electrons. The van der Waals surface area contributed by atoms with Crippen LogP contribution in [0.4, 0.5) is 11.6 Å². The van der Waals surface area contributed by atoms with Crippen molar-refractivity contribution in [3.8, 4) is 0 Å². The van der Waals surface area contributed by atoms with Gasteiger partial charge in [-0.05, 0) is 29.3 Å². The highest BCUT2D eigenvalue weighted by Gasteiger charge is 2.14. The van der Waals surface area contributed by atoms with Gasteiger partial charge in [-0.2, -0.15) is 4.80 Å². The van der Waals surface area contributed by atoms with E-state index in [4.69, 9.17) is 0 Å². The van der Waals surface area contributed by atoms with Crippen LogP contribution < -0.4 is 10.6 Å². The van der Waals surface area contributed by atoms with Gasteiger partial charge in [0, 0.05) is 17.8 Å². The Morgan fingerprint density at radius 3 is 3.17 bits per heavy atom. The summed E-state index contributed by atoms with van der Waals surface area (Å²) in [5, 5.41) is 17.1. The summed E-state index contributed by atoms with van der Waals surface area (Å²) in [5.74, 6) is -0.0320. The third-order valence-corrected chi connectivity index (χ3v) is 2.82. The minimum atomic E-state index is -0.237. The lowest BCUT2D eigenvalue weighted by atomic mass is 10.1. The fourth-order valence-electron chi connectivity index (χ4n) is 1.94. The summed E-state index contributed by atoms with van der Waals surface area (Å²) in [6.07, 6.45) is 1.00. The molecule has 0 aliphatic carbocycles. The molecule has 3 rings (SSSR count). The van der Waals surface area contributed by atoms with Gasteiger partial charge >= 0.3 is 0 Å². The highest BCUT2D eigenvalue weighted by Crippen LogP contribution is 2.23. The van der Waals surface area contributed by atoms with Crippen LogP contribution in [0.5, 0.6) is 0 Å². The average molecular weight is 244 g/mol. The predicted molar refractivity (Wildman–Crippen MR) is 65.4 cm³/mol. The number of aryl methyl sites for hydroxylation is 1. The number of aromatic nitrogens is 4. The van der Waals surface area contributed by atoms with Crippen molar-refractivity contribution < 1.29 is 4.79 Å². The second kappa shape index (κ2) is 4.10. The van der Waals surface area contributed by atoms with Crippen molar-refractivity contribution in [2.75, 3.05) is 17.2 Å². The molecule has 2 aromatic rings. The van der Waals surface area contributed by atoms with E-state index in [9.17, 15) is 4.79 Å². The third kappa shape index (κ3) is 1.90. The Morgan fingerprint density at radius 1 is 1.50 bits per heavy atom. The van der Waals surface area contributed by atoms with Crippen LogP contribution in [0.15, 0.2) is 18.2 Å². The molecule has 0 saturated heterocycles. The Labute approximate surface area is 103 Å². The zero-order valence-electron chi connectivity index (χ0n) is 9.84. The Morgan fingerprint density at radius 2 is 2.39 bits per heavy atom. The topological polar surface area (TPSA) is 84.7 Å². The van der Waals surface area contributed by atoms with Crippen LogP contribution in [-0.4, -0.2) is 32.7 Å². The molecule has 0 fully saturated rings. The number of nitrogens with one attached hydrogen (secondary N) is 2. The first-order valence-corrected chi connectivity index (χ1v) is 5.64. The van der Waals surface area contributed by atoms with Gasteiger partial charge in [0.25, 0.3) is 11.9 Å². The summed E-state index contributed by atoms with van der Waals surface area (Å²) in [6.45, 7) is 0.923. The maximum Gasteiger partial charge on any atom is 0.270 e. The molecule has 1 aromatic carbocycles. The molecular weight excluding hydrogens is 232 g/mol. The quantitative estimate of drug-likeness (QED) is 0.800. The number of tetrazole rings is 1. The van der Waals surface area contributed by atoms with E-state index in [0.717, 1.165) is 18.7 Å². The highest BCUT2D eigenvalue weighted by molar-refractivity contribution is 6.04. The van der Waals surface area contributed by atoms with Gasteiger partial charge in [-0.15, -0.1) is 5.10 Å². The average Bonchev–Trinajstić information content (AvgIpc) is 2.96. The van der Waals surface area contributed by atoms with Gasteiger partial charge in [0.2, 0.25) is 0 Å². The number of carbonyl (C=O) groups is 1. The van der Waals surface area contributed by atoms with Gasteiger partial charge in [-0.1, -0.05) is 11.2 Å². The zero-order valence-corrected chi connectivity index (χ0v) is 9.84. The van der Waals surface area contributed by atoms with Crippen LogP contribution in [-0.2, 0) is 13.5 Å². The van der Waals surface area contributed by atoms with Gasteiger partial charge < -0.3 is 5.32 Å². The lowest BCUT2D eigenvalue weighted by Gasteiger charge is -2.04. The van der Waals surface area contributed by atoms with E-state index in [2.05, 4.69) is 26.0 Å². The van der Waals surface area contributed by atoms with E-state index >= 15 is 0 Å². The lowest BCUT2D eigenvalue weighted by Crippen LogP contribution is -2.13. The largest absolute Gasteiger partial charge is 0.384 e. The number of hydrogen-bond donors (Lipinski definition) is 2. The molecule has 7 nitrogen and oxygen atoms in total. The number of nitrogens with zero attached hydrogens (tertiary/aromatic N) is 4. The van der Waals surface area contributed by atoms with E-state index in [1.54, 1.807) is 13.1 Å². The number of anilines is 2. The Kier molecular flexibility index (Phi) is 2.44. The molecule has 2 N–H and O–H groups in total. The molecule has 7 heteroatoms. The van der Waals surface area contributed by atoms with Crippen LogP contribution >= 0.6 is 0 Å². The van der Waals surface area contributed by atoms with Gasteiger partial charge in [0.1, 0.15) is 0 Å². The molecule has 1 aromatic heterocycles. The molecule has 0 bridgehead atoms. The van der Waals surface area contributed by atoms with Gasteiger partial charge in [0.15, 0.2) is 0 Å². The first-order chi connectivity index (χ1) is 8.72. The zero-order chi connectivity index (χ0) is 12.5. The molecular formula is C11H12N6O. The summed E-state index contributed by atoms with van der Waals surface area (Å²) < 4.78 is 0. The van der Waals surface area contributed by atoms with Crippen molar-refractivity contribution in [2.45, 2.75) is 6.42 Å². The molecule has 0 unspecified atom stereocenters. The summed E-state index contributed by atoms with van der Waals surface area (Å²) in [5.41, 5.74) is 2.84. The minimum absolute atomic E-state index is 0.205. The van der Waals surface area contributed by atoms with Crippen LogP contribution in [0.2, 0.25) is 0 Å². The van der Waals surface area contributed by atoms with E-state index in [1.807, 2.05) is 12.1 Å². The van der Waals surface area contributed by atoms with E-state index in [-0.39, 0.29) is 11.9 Å². The number of hydrogen-bond acceptors (Lipinski definition) is 5. The summed E-state index contributed by atoms with van der Waals surface area (Å²) >= 11 is 0. The molecule has 1 aliphatic rings. The predicted octanol–water partition coefficient (Wildman–Crippen LogP) is 0.430. The monoisotopic (exact) mass is 244 g/mol. The third-order valence-electron chi connectivity index (χ3n) is 2.82. The fourth-order valence-corrected chi connectivity index (χ4v) is 1.94. The lowest BCUT2D eigenvalue weighted by molar-refractivity contribution is 0.102. The number of rotatable bonds is 2. The van der Waals surface area contributed by atoms with Crippen LogP contribution in [0.3, 0.4) is 0 Å². The van der Waals surface area contributed by atoms with Crippen LogP contribution in [0.25, 0.3) is 0 Å². The molecule has 18 heavy (non-hydrogen) atoms. The maximum atomic E-state index is 12.0. The van der Waals surface area contributed by atoms with E-state index < -0.39 is 0 Å². The van der Waals surface area contributed by atoms with Crippen molar-refractivity contribution in [2.24, 2.45) is 7.05 Å². The molecule has 1 amide bonds. The summed E-state index contributed by atoms with van der Waals surface area (Å²) in [4.78, 5) is 13.3. The van der Waals surface area contributed by atoms with E-state index in [1.165, 1.54) is 10.4 Å². The summed E-state index contributed by atoms with van der Waals surface area (Å²) in [6, 6.07) is 5.61. The van der Waals surface area contributed by atoms with Gasteiger partial charge in [-0.3, -0.25) is 10.1 Å². The van der Waals surface area contributed by atoms with Crippen LogP contribution in [0.1, 0.15) is 15.9 Å². The van der Waals surface area contributed by atoms with E-state index in [0.29, 0.717) is 5.56 Å². The number of carbonyl (C=O) groups excluding carboxylic acids is 1. The maximum absolute atomic E-state index is 12.0. The number of benzene rings is 1. The van der Waals surface area contributed by atoms with Crippen LogP contribution in [0, 0.1) is 0 Å². The SMILES string of the molecule is Cn1nnc(NC(=O)c2ccc3c(c2)NCC3)n1. The smallest absolute Gasteiger partial charge is 0.270 e. The second-order valence-corrected chi connectivity index (χ2v) is 4.11. The first kappa shape index (κ1) is 10.7. The molecule has 0 spiro atoms. The summed E-state index contributed by atoms with van der Waals surface area (Å²) in [7, 11) is 1.64. The standard InChI is InChI=1S/C11H12N6O/c1-17-15-11(14-16-17)13-10(18)8-3-2-7-4-5-12-9(7)6-8/h2-3,6,12H,4-5H2,1H3,(H,13,15,18). The molecule has 0 saturated carbocycles. The molecule has 1 aliphatic heterocycles. The fraction of sp³-hybridized carbons (Fsp3) is 0.273. The van der Waals surface area contributed by atoms with Crippen molar-refractivity contribution in [3.63, 3.8) is 0 Å². The minimum Gasteiger partial charge on any atom is -0.384 e. The van der Waals surface area contributed by atoms with Crippen molar-refractivity contribution >= 4 is 17.5 Å². The first-order valence-electron chi connectivity index (χ1n) is 5.64. The number of fused-ring (bicyclic) bond motifs is 1. The molecule has 2 heterocycles. The van der Waals surface area contributed by atoms with Crippen molar-refractivity contribution in [3.05, 3.63) is 29.3 Å². The van der Waals surface area contributed by atoms with Crippen molar-refractivity contribution in [1.82, 2.24) is 20.2 Å². The van der Waals surface area contributed by atoms with Gasteiger partial charge in [-0.25, -0.2) is 0 Å². The Balaban J connectivity index is 1.80.